The van der Waals surface area contributed by atoms with E-state index in [-0.39, 0.29) is 16.8 Å². The highest BCUT2D eigenvalue weighted by molar-refractivity contribution is 14.1. The molecule has 0 atom stereocenters. The molecular weight excluding hydrogens is 315 g/mol. The summed E-state index contributed by atoms with van der Waals surface area (Å²) in [5, 5.41) is 10.5. The Hall–Kier alpha value is -1.51. The van der Waals surface area contributed by atoms with Gasteiger partial charge < -0.3 is 5.73 Å². The Morgan fingerprint density at radius 2 is 2.13 bits per heavy atom. The van der Waals surface area contributed by atoms with Gasteiger partial charge in [0.15, 0.2) is 6.29 Å². The molecule has 0 saturated heterocycles. The number of carbonyl (C=O) groups is 2. The number of non-ortho nitro benzene ring substituents is 1. The number of rotatable bonds is 3. The van der Waals surface area contributed by atoms with E-state index in [1.54, 1.807) is 22.6 Å². The summed E-state index contributed by atoms with van der Waals surface area (Å²) >= 11 is 1.74. The number of halogens is 1. The van der Waals surface area contributed by atoms with E-state index < -0.39 is 10.8 Å². The average Bonchev–Trinajstić information content (AvgIpc) is 2.17. The van der Waals surface area contributed by atoms with Gasteiger partial charge in [0, 0.05) is 21.3 Å². The molecule has 1 rings (SSSR count). The van der Waals surface area contributed by atoms with E-state index in [0.29, 0.717) is 9.86 Å². The van der Waals surface area contributed by atoms with E-state index in [2.05, 4.69) is 0 Å². The first-order chi connectivity index (χ1) is 6.97. The second-order valence-corrected chi connectivity index (χ2v) is 3.71. The molecule has 0 heterocycles. The van der Waals surface area contributed by atoms with Crippen LogP contribution in [-0.2, 0) is 0 Å². The molecule has 78 valence electrons. The zero-order valence-corrected chi connectivity index (χ0v) is 9.43. The van der Waals surface area contributed by atoms with Gasteiger partial charge in [-0.3, -0.25) is 19.7 Å². The number of nitro groups is 1. The first kappa shape index (κ1) is 11.6. The second kappa shape index (κ2) is 4.34. The predicted molar refractivity (Wildman–Crippen MR) is 59.7 cm³/mol. The molecule has 0 bridgehead atoms. The fraction of sp³-hybridized carbons (Fsp3) is 0. The first-order valence-corrected chi connectivity index (χ1v) is 4.78. The molecule has 6 nitrogen and oxygen atoms in total. The first-order valence-electron chi connectivity index (χ1n) is 3.70. The van der Waals surface area contributed by atoms with Crippen LogP contribution in [0.2, 0.25) is 0 Å². The number of carbonyl (C=O) groups excluding carboxylic acids is 2. The minimum absolute atomic E-state index is 0.0214. The van der Waals surface area contributed by atoms with Gasteiger partial charge >= 0.3 is 0 Å². The van der Waals surface area contributed by atoms with Gasteiger partial charge in [0.05, 0.1) is 10.5 Å². The van der Waals surface area contributed by atoms with E-state index in [9.17, 15) is 19.7 Å². The van der Waals surface area contributed by atoms with Gasteiger partial charge in [0.25, 0.3) is 5.69 Å². The van der Waals surface area contributed by atoms with Crippen LogP contribution in [0, 0.1) is 13.7 Å². The van der Waals surface area contributed by atoms with Crippen LogP contribution in [-0.4, -0.2) is 17.1 Å². The van der Waals surface area contributed by atoms with Crippen LogP contribution < -0.4 is 5.73 Å². The van der Waals surface area contributed by atoms with Crippen LogP contribution in [0.15, 0.2) is 12.1 Å². The fourth-order valence-corrected chi connectivity index (χ4v) is 1.71. The van der Waals surface area contributed by atoms with Gasteiger partial charge in [-0.25, -0.2) is 0 Å². The third kappa shape index (κ3) is 2.29. The molecule has 15 heavy (non-hydrogen) atoms. The van der Waals surface area contributed by atoms with E-state index in [1.807, 2.05) is 0 Å². The molecule has 1 aromatic carbocycles. The van der Waals surface area contributed by atoms with E-state index >= 15 is 0 Å². The molecule has 1 amide bonds. The standard InChI is InChI=1S/C8H5IN2O4/c9-7-4(3-12)1-5(11(14)15)2-6(7)8(10)13/h1-3H,(H2,10,13). The number of primary amides is 1. The van der Waals surface area contributed by atoms with Crippen LogP contribution in [0.25, 0.3) is 0 Å². The quantitative estimate of drug-likeness (QED) is 0.390. The molecule has 0 aliphatic carbocycles. The van der Waals surface area contributed by atoms with Crippen LogP contribution in [0.5, 0.6) is 0 Å². The monoisotopic (exact) mass is 320 g/mol. The number of nitro benzene ring substituents is 1. The topological polar surface area (TPSA) is 103 Å². The third-order valence-electron chi connectivity index (χ3n) is 1.69. The van der Waals surface area contributed by atoms with Crippen molar-refractivity contribution in [3.05, 3.63) is 36.9 Å². The van der Waals surface area contributed by atoms with Crippen molar-refractivity contribution in [1.82, 2.24) is 0 Å². The average molecular weight is 320 g/mol. The SMILES string of the molecule is NC(=O)c1cc([N+](=O)[O-])cc(C=O)c1I. The molecule has 0 aliphatic heterocycles. The molecule has 0 spiro atoms. The zero-order valence-electron chi connectivity index (χ0n) is 7.27. The summed E-state index contributed by atoms with van der Waals surface area (Å²) in [6.07, 6.45) is 0.446. The Morgan fingerprint density at radius 3 is 2.53 bits per heavy atom. The third-order valence-corrected chi connectivity index (χ3v) is 2.89. The minimum atomic E-state index is -0.800. The highest BCUT2D eigenvalue weighted by Gasteiger charge is 2.17. The lowest BCUT2D eigenvalue weighted by Crippen LogP contribution is -2.14. The highest BCUT2D eigenvalue weighted by Crippen LogP contribution is 2.22. The highest BCUT2D eigenvalue weighted by atomic mass is 127. The smallest absolute Gasteiger partial charge is 0.271 e. The fourth-order valence-electron chi connectivity index (χ4n) is 1.00. The molecule has 0 saturated carbocycles. The molecule has 2 N–H and O–H groups in total. The largest absolute Gasteiger partial charge is 0.366 e. The molecule has 0 fully saturated rings. The van der Waals surface area contributed by atoms with Crippen molar-refractivity contribution in [2.75, 3.05) is 0 Å². The van der Waals surface area contributed by atoms with Crippen LogP contribution in [0.4, 0.5) is 5.69 Å². The van der Waals surface area contributed by atoms with Crippen molar-refractivity contribution >= 4 is 40.5 Å². The van der Waals surface area contributed by atoms with Crippen molar-refractivity contribution in [3.8, 4) is 0 Å². The lowest BCUT2D eigenvalue weighted by molar-refractivity contribution is -0.384. The Balaban J connectivity index is 3.51. The summed E-state index contributed by atoms with van der Waals surface area (Å²) < 4.78 is 0.320. The zero-order chi connectivity index (χ0) is 11.6. The molecule has 0 radical (unpaired) electrons. The predicted octanol–water partition coefficient (Wildman–Crippen LogP) is 1.11. The molecule has 0 unspecified atom stereocenters. The molecule has 0 aromatic heterocycles. The number of amides is 1. The number of benzene rings is 1. The van der Waals surface area contributed by atoms with E-state index in [0.717, 1.165) is 12.1 Å². The van der Waals surface area contributed by atoms with E-state index in [1.165, 1.54) is 0 Å². The Kier molecular flexibility index (Phi) is 3.35. The summed E-state index contributed by atoms with van der Waals surface area (Å²) in [5.41, 5.74) is 4.76. The minimum Gasteiger partial charge on any atom is -0.366 e. The maximum absolute atomic E-state index is 10.9. The number of nitrogens with two attached hydrogens (primary N) is 1. The van der Waals surface area contributed by atoms with Gasteiger partial charge in [-0.1, -0.05) is 0 Å². The van der Waals surface area contributed by atoms with Crippen molar-refractivity contribution in [3.63, 3.8) is 0 Å². The number of nitrogens with zero attached hydrogens (tertiary/aromatic N) is 1. The molecular formula is C8H5IN2O4. The van der Waals surface area contributed by atoms with Crippen molar-refractivity contribution in [2.24, 2.45) is 5.73 Å². The van der Waals surface area contributed by atoms with Crippen LogP contribution in [0.1, 0.15) is 20.7 Å². The Labute approximate surface area is 97.7 Å². The summed E-state index contributed by atoms with van der Waals surface area (Å²) in [5.74, 6) is -0.800. The van der Waals surface area contributed by atoms with E-state index in [4.69, 9.17) is 5.73 Å². The normalized spacial score (nSPS) is 9.67. The summed E-state index contributed by atoms with van der Waals surface area (Å²) in [7, 11) is 0. The lowest BCUT2D eigenvalue weighted by Gasteiger charge is -2.02. The van der Waals surface area contributed by atoms with Crippen LogP contribution >= 0.6 is 22.6 Å². The van der Waals surface area contributed by atoms with Crippen LogP contribution in [0.3, 0.4) is 0 Å². The Morgan fingerprint density at radius 1 is 1.53 bits per heavy atom. The van der Waals surface area contributed by atoms with Gasteiger partial charge in [-0.15, -0.1) is 0 Å². The second-order valence-electron chi connectivity index (χ2n) is 2.64. The van der Waals surface area contributed by atoms with Gasteiger partial charge in [0.2, 0.25) is 5.91 Å². The maximum Gasteiger partial charge on any atom is 0.271 e. The maximum atomic E-state index is 10.9. The molecule has 1 aromatic rings. The number of aldehydes is 1. The Bertz CT molecular complexity index is 458. The van der Waals surface area contributed by atoms with Gasteiger partial charge in [-0.05, 0) is 22.6 Å². The number of hydrogen-bond acceptors (Lipinski definition) is 4. The summed E-state index contributed by atoms with van der Waals surface area (Å²) in [6.45, 7) is 0. The number of hydrogen-bond donors (Lipinski definition) is 1. The van der Waals surface area contributed by atoms with Gasteiger partial charge in [0.1, 0.15) is 0 Å². The van der Waals surface area contributed by atoms with Gasteiger partial charge in [-0.2, -0.15) is 0 Å². The van der Waals surface area contributed by atoms with Crippen molar-refractivity contribution in [1.29, 1.82) is 0 Å². The van der Waals surface area contributed by atoms with Crippen molar-refractivity contribution < 1.29 is 14.5 Å². The van der Waals surface area contributed by atoms with Crippen molar-refractivity contribution in [2.45, 2.75) is 0 Å². The molecule has 0 aliphatic rings. The molecule has 7 heteroatoms. The lowest BCUT2D eigenvalue weighted by atomic mass is 10.1. The summed E-state index contributed by atoms with van der Waals surface area (Å²) in [4.78, 5) is 31.3. The summed E-state index contributed by atoms with van der Waals surface area (Å²) in [6, 6.07) is 2.15.